The van der Waals surface area contributed by atoms with Gasteiger partial charge in [0.05, 0.1) is 14.8 Å². The number of methoxy groups -OCH3 is 2. The Morgan fingerprint density at radius 1 is 0.778 bits per heavy atom. The van der Waals surface area contributed by atoms with Gasteiger partial charge in [-0.15, -0.1) is 23.4 Å². The van der Waals surface area contributed by atoms with Gasteiger partial charge in [-0.3, -0.25) is 0 Å². The summed E-state index contributed by atoms with van der Waals surface area (Å²) in [5.74, 6) is -1.45. The van der Waals surface area contributed by atoms with Crippen LogP contribution in [0.4, 0.5) is 0 Å². The summed E-state index contributed by atoms with van der Waals surface area (Å²) in [5, 5.41) is 0.511. The van der Waals surface area contributed by atoms with Gasteiger partial charge < -0.3 is 9.47 Å². The number of ether oxygens (including phenoxy) is 2. The molecule has 3 aliphatic rings. The molecule has 2 aromatic rings. The van der Waals surface area contributed by atoms with Crippen molar-refractivity contribution in [3.8, 4) is 11.1 Å². The van der Waals surface area contributed by atoms with Crippen LogP contribution in [0.25, 0.3) is 11.1 Å². The Kier molecular flexibility index (Phi) is 3.87. The first-order valence-electron chi connectivity index (χ1n) is 8.29. The van der Waals surface area contributed by atoms with E-state index in [0.29, 0.717) is 0 Å². The number of alkyl halides is 2. The Balaban J connectivity index is 1.96. The van der Waals surface area contributed by atoms with Crippen LogP contribution in [0.2, 0.25) is 0 Å². The Morgan fingerprint density at radius 3 is 1.70 bits per heavy atom. The second-order valence-corrected chi connectivity index (χ2v) is 10.3. The smallest absolute Gasteiger partial charge is 0.229 e. The molecule has 1 spiro atoms. The van der Waals surface area contributed by atoms with Gasteiger partial charge in [0.1, 0.15) is 0 Å². The molecule has 1 saturated heterocycles. The van der Waals surface area contributed by atoms with Crippen molar-refractivity contribution < 1.29 is 9.47 Å². The molecule has 0 aromatic heterocycles. The normalized spacial score (nSPS) is 31.5. The molecule has 140 valence electrons. The van der Waals surface area contributed by atoms with E-state index in [-0.39, 0.29) is 10.1 Å². The number of hydrogen-bond acceptors (Lipinski definition) is 3. The quantitative estimate of drug-likeness (QED) is 0.389. The first kappa shape index (κ1) is 18.6. The first-order valence-corrected chi connectivity index (χ1v) is 10.6. The lowest BCUT2D eigenvalue weighted by Crippen LogP contribution is -2.60. The fraction of sp³-hybridized carbons (Fsp3) is 0.300. The van der Waals surface area contributed by atoms with E-state index >= 15 is 0 Å². The molecule has 1 fully saturated rings. The minimum Gasteiger partial charge on any atom is -0.349 e. The highest BCUT2D eigenvalue weighted by atomic mass is 35.5. The summed E-state index contributed by atoms with van der Waals surface area (Å²) in [6.07, 6.45) is 0. The van der Waals surface area contributed by atoms with Gasteiger partial charge in [0.15, 0.2) is 9.08 Å². The Bertz CT molecular complexity index is 973. The SMILES string of the molecule is COC1(OC)[C@@]2(Cl)C(Cl)=C(Cl)[C@]1(Cl)SC21c2ccccc2-c2ccccc21. The first-order chi connectivity index (χ1) is 12.9. The zero-order chi connectivity index (χ0) is 19.2. The van der Waals surface area contributed by atoms with E-state index in [4.69, 9.17) is 55.9 Å². The van der Waals surface area contributed by atoms with Crippen molar-refractivity contribution in [1.82, 2.24) is 0 Å². The predicted molar refractivity (Wildman–Crippen MR) is 113 cm³/mol. The number of rotatable bonds is 2. The predicted octanol–water partition coefficient (Wildman–Crippen LogP) is 6.26. The van der Waals surface area contributed by atoms with E-state index in [1.54, 1.807) is 0 Å². The highest BCUT2D eigenvalue weighted by Gasteiger charge is 2.88. The second kappa shape index (κ2) is 5.60. The third kappa shape index (κ3) is 1.66. The van der Waals surface area contributed by atoms with Crippen molar-refractivity contribution in [1.29, 1.82) is 0 Å². The van der Waals surface area contributed by atoms with Gasteiger partial charge >= 0.3 is 0 Å². The van der Waals surface area contributed by atoms with Crippen LogP contribution in [-0.2, 0) is 14.2 Å². The van der Waals surface area contributed by atoms with Crippen molar-refractivity contribution in [3.05, 3.63) is 69.7 Å². The summed E-state index contributed by atoms with van der Waals surface area (Å²) in [5.41, 5.74) is 4.23. The highest BCUT2D eigenvalue weighted by Crippen LogP contribution is 2.84. The average Bonchev–Trinajstić information content (AvgIpc) is 3.12. The molecule has 2 bridgehead atoms. The summed E-state index contributed by atoms with van der Waals surface area (Å²) in [6, 6.07) is 16.3. The third-order valence-corrected chi connectivity index (χ3v) is 10.6. The molecule has 1 heterocycles. The van der Waals surface area contributed by atoms with Gasteiger partial charge in [-0.05, 0) is 22.3 Å². The lowest BCUT2D eigenvalue weighted by Gasteiger charge is -2.44. The number of benzene rings is 2. The molecule has 0 radical (unpaired) electrons. The molecule has 1 aliphatic heterocycles. The van der Waals surface area contributed by atoms with Crippen molar-refractivity contribution in [2.45, 2.75) is 19.6 Å². The summed E-state index contributed by atoms with van der Waals surface area (Å²) < 4.78 is 9.66. The topological polar surface area (TPSA) is 18.5 Å². The zero-order valence-corrected chi connectivity index (χ0v) is 18.2. The van der Waals surface area contributed by atoms with Crippen LogP contribution >= 0.6 is 58.2 Å². The van der Waals surface area contributed by atoms with Crippen LogP contribution in [0.1, 0.15) is 11.1 Å². The fourth-order valence-electron chi connectivity index (χ4n) is 4.89. The number of hydrogen-bond donors (Lipinski definition) is 0. The van der Waals surface area contributed by atoms with Crippen molar-refractivity contribution in [3.63, 3.8) is 0 Å². The largest absolute Gasteiger partial charge is 0.349 e. The molecule has 2 aliphatic carbocycles. The lowest BCUT2D eigenvalue weighted by molar-refractivity contribution is -0.215. The molecule has 0 saturated carbocycles. The van der Waals surface area contributed by atoms with Crippen molar-refractivity contribution in [2.75, 3.05) is 14.2 Å². The fourth-order valence-corrected chi connectivity index (χ4v) is 9.46. The van der Waals surface area contributed by atoms with Gasteiger partial charge in [0.25, 0.3) is 0 Å². The minimum atomic E-state index is -1.45. The van der Waals surface area contributed by atoms with Gasteiger partial charge in [-0.1, -0.05) is 83.3 Å². The van der Waals surface area contributed by atoms with E-state index in [0.717, 1.165) is 22.3 Å². The van der Waals surface area contributed by atoms with Crippen LogP contribution in [-0.4, -0.2) is 29.1 Å². The molecular weight excluding hydrogens is 446 g/mol. The van der Waals surface area contributed by atoms with E-state index in [1.165, 1.54) is 26.0 Å². The summed E-state index contributed by atoms with van der Waals surface area (Å²) in [4.78, 5) is -1.35. The van der Waals surface area contributed by atoms with E-state index in [1.807, 2.05) is 24.3 Å². The lowest BCUT2D eigenvalue weighted by atomic mass is 9.79. The standard InChI is InChI=1S/C20H14Cl4O2S/c1-25-20(26-2)18(23)15(21)16(22)19(20,24)27-17(18)13-9-5-3-7-11(13)12-8-4-6-10-14(12)17/h3-10H,1-2H3/t18-,19+/m1/s1. The van der Waals surface area contributed by atoms with Gasteiger partial charge in [0, 0.05) is 14.2 Å². The zero-order valence-electron chi connectivity index (χ0n) is 14.4. The average molecular weight is 460 g/mol. The van der Waals surface area contributed by atoms with Crippen LogP contribution in [0.15, 0.2) is 58.6 Å². The summed E-state index contributed by atoms with van der Waals surface area (Å²) in [7, 11) is 3.04. The molecule has 0 N–H and O–H groups in total. The molecule has 27 heavy (non-hydrogen) atoms. The molecule has 5 rings (SSSR count). The molecule has 2 aromatic carbocycles. The molecular formula is C20H14Cl4O2S. The van der Waals surface area contributed by atoms with E-state index in [9.17, 15) is 0 Å². The van der Waals surface area contributed by atoms with Crippen LogP contribution in [0.3, 0.4) is 0 Å². The van der Waals surface area contributed by atoms with E-state index < -0.39 is 19.6 Å². The van der Waals surface area contributed by atoms with Crippen LogP contribution in [0.5, 0.6) is 0 Å². The summed E-state index contributed by atoms with van der Waals surface area (Å²) >= 11 is 29.4. The van der Waals surface area contributed by atoms with Crippen LogP contribution < -0.4 is 0 Å². The molecule has 2 atom stereocenters. The van der Waals surface area contributed by atoms with Crippen molar-refractivity contribution >= 4 is 58.2 Å². The number of fused-ring (bicyclic) bond motifs is 8. The van der Waals surface area contributed by atoms with E-state index in [2.05, 4.69) is 24.3 Å². The van der Waals surface area contributed by atoms with Crippen molar-refractivity contribution in [2.24, 2.45) is 0 Å². The highest BCUT2D eigenvalue weighted by molar-refractivity contribution is 8.04. The Labute approximate surface area is 181 Å². The van der Waals surface area contributed by atoms with Gasteiger partial charge in [-0.25, -0.2) is 0 Å². The maximum absolute atomic E-state index is 7.44. The maximum atomic E-state index is 7.44. The van der Waals surface area contributed by atoms with Crippen LogP contribution in [0, 0.1) is 0 Å². The third-order valence-electron chi connectivity index (χ3n) is 5.91. The Morgan fingerprint density at radius 2 is 1.26 bits per heavy atom. The number of halogens is 4. The molecule has 7 heteroatoms. The number of thioether (sulfide) groups is 1. The van der Waals surface area contributed by atoms with Gasteiger partial charge in [-0.2, -0.15) is 0 Å². The monoisotopic (exact) mass is 458 g/mol. The minimum absolute atomic E-state index is 0.252. The Hall–Kier alpha value is -0.390. The second-order valence-electron chi connectivity index (χ2n) is 6.78. The maximum Gasteiger partial charge on any atom is 0.229 e. The molecule has 0 unspecified atom stereocenters. The molecule has 2 nitrogen and oxygen atoms in total. The molecule has 0 amide bonds. The van der Waals surface area contributed by atoms with Gasteiger partial charge in [0.2, 0.25) is 5.79 Å². The summed E-state index contributed by atoms with van der Waals surface area (Å²) in [6.45, 7) is 0.